The maximum atomic E-state index is 12.4. The maximum Gasteiger partial charge on any atom is 0.303 e. The molecule has 45 heavy (non-hydrogen) atoms. The Kier molecular flexibility index (Phi) is 10.5. The second-order valence-corrected chi connectivity index (χ2v) is 11.2. The quantitative estimate of drug-likeness (QED) is 0.151. The van der Waals surface area contributed by atoms with Crippen LogP contribution in [0.25, 0.3) is 0 Å². The zero-order valence-corrected chi connectivity index (χ0v) is 26.7. The Morgan fingerprint density at radius 1 is 0.911 bits per heavy atom. The smallest absolute Gasteiger partial charge is 0.303 e. The number of oxime groups is 1. The number of halogens is 1. The van der Waals surface area contributed by atoms with Gasteiger partial charge in [0, 0.05) is 38.3 Å². The van der Waals surface area contributed by atoms with Crippen molar-refractivity contribution in [1.29, 1.82) is 0 Å². The third-order valence-electron chi connectivity index (χ3n) is 7.45. The lowest BCUT2D eigenvalue weighted by atomic mass is 9.83. The fraction of sp³-hybridized carbons (Fsp3) is 0.469. The van der Waals surface area contributed by atoms with Gasteiger partial charge in [-0.15, -0.1) is 0 Å². The van der Waals surface area contributed by atoms with Gasteiger partial charge in [0.05, 0.1) is 12.3 Å². The van der Waals surface area contributed by atoms with Gasteiger partial charge in [0.2, 0.25) is 11.9 Å². The second kappa shape index (κ2) is 14.0. The Hall–Kier alpha value is -4.00. The van der Waals surface area contributed by atoms with Crippen LogP contribution in [0.5, 0.6) is 0 Å². The number of nitrogens with zero attached hydrogens (tertiary/aromatic N) is 1. The Balaban J connectivity index is 1.80. The number of rotatable bonds is 11. The number of ether oxygens (including phenoxy) is 6. The number of fused-ring (bicyclic) bond motifs is 2. The van der Waals surface area contributed by atoms with E-state index in [2.05, 4.69) is 5.16 Å². The summed E-state index contributed by atoms with van der Waals surface area (Å²) in [5, 5.41) is 4.52. The van der Waals surface area contributed by atoms with E-state index < -0.39 is 60.2 Å². The van der Waals surface area contributed by atoms with Gasteiger partial charge in [0.1, 0.15) is 13.7 Å². The first-order valence-electron chi connectivity index (χ1n) is 14.3. The molecule has 0 aliphatic carbocycles. The largest absolute Gasteiger partial charge is 0.463 e. The Bertz CT molecular complexity index is 1480. The van der Waals surface area contributed by atoms with E-state index in [1.54, 1.807) is 18.2 Å². The number of hydrogen-bond acceptors (Lipinski definition) is 12. The average Bonchev–Trinajstić information content (AvgIpc) is 3.34. The van der Waals surface area contributed by atoms with Gasteiger partial charge in [-0.1, -0.05) is 54.0 Å². The minimum absolute atomic E-state index is 0.268. The number of benzene rings is 2. The highest BCUT2D eigenvalue weighted by Crippen LogP contribution is 2.53. The summed E-state index contributed by atoms with van der Waals surface area (Å²) in [6.45, 7) is 6.01. The van der Waals surface area contributed by atoms with Crippen LogP contribution in [0.15, 0.2) is 47.6 Å². The van der Waals surface area contributed by atoms with Crippen molar-refractivity contribution in [3.8, 4) is 0 Å². The molecule has 0 radical (unpaired) electrons. The number of carbonyl (C=O) groups excluding carboxylic acids is 4. The molecule has 2 aromatic rings. The number of carbonyl (C=O) groups is 4. The Labute approximate surface area is 265 Å². The van der Waals surface area contributed by atoms with E-state index in [4.69, 9.17) is 44.9 Å². The van der Waals surface area contributed by atoms with Crippen LogP contribution in [0.1, 0.15) is 63.3 Å². The highest BCUT2D eigenvalue weighted by atomic mass is 35.5. The first kappa shape index (κ1) is 33.9. The van der Waals surface area contributed by atoms with Crippen molar-refractivity contribution >= 4 is 41.2 Å². The standard InChI is InChI=1S/C32H36ClNO11/c1-7-27(34-39-6)23-10-8-22(9-11-23)14-24-15-25(12-13-26(24)33)32-30(44-21(5)38)28(42-19(3)36)29(43-20(4)37)31(45-32,17-41-32)16-40-18(2)35/h8-13,15,28-30H,7,14,16-17H2,1-6H3/t28-,29-,30+,31-,32-/m0/s1. The molecule has 5 atom stereocenters. The lowest BCUT2D eigenvalue weighted by Crippen LogP contribution is -2.68. The minimum Gasteiger partial charge on any atom is -0.463 e. The first-order chi connectivity index (χ1) is 21.3. The lowest BCUT2D eigenvalue weighted by Gasteiger charge is -2.49. The molecule has 242 valence electrons. The molecule has 2 fully saturated rings. The zero-order valence-electron chi connectivity index (χ0n) is 25.9. The van der Waals surface area contributed by atoms with Crippen molar-refractivity contribution in [2.45, 2.75) is 77.2 Å². The van der Waals surface area contributed by atoms with Crippen molar-refractivity contribution in [3.05, 3.63) is 69.7 Å². The molecule has 2 bridgehead atoms. The molecule has 0 spiro atoms. The van der Waals surface area contributed by atoms with Gasteiger partial charge >= 0.3 is 23.9 Å². The summed E-state index contributed by atoms with van der Waals surface area (Å²) in [6, 6.07) is 12.8. The molecule has 2 aliphatic heterocycles. The fourth-order valence-electron chi connectivity index (χ4n) is 5.61. The van der Waals surface area contributed by atoms with Gasteiger partial charge < -0.3 is 33.3 Å². The van der Waals surface area contributed by atoms with E-state index in [1.807, 2.05) is 31.2 Å². The monoisotopic (exact) mass is 645 g/mol. The van der Waals surface area contributed by atoms with Gasteiger partial charge in [-0.25, -0.2) is 0 Å². The molecule has 2 aliphatic rings. The molecule has 2 saturated heterocycles. The van der Waals surface area contributed by atoms with E-state index in [0.29, 0.717) is 29.0 Å². The predicted octanol–water partition coefficient (Wildman–Crippen LogP) is 4.00. The summed E-state index contributed by atoms with van der Waals surface area (Å²) in [7, 11) is 1.50. The third-order valence-corrected chi connectivity index (χ3v) is 7.82. The van der Waals surface area contributed by atoms with Crippen LogP contribution in [-0.2, 0) is 64.6 Å². The highest BCUT2D eigenvalue weighted by molar-refractivity contribution is 6.31. The van der Waals surface area contributed by atoms with Gasteiger partial charge in [0.15, 0.2) is 17.8 Å². The van der Waals surface area contributed by atoms with Crippen LogP contribution in [0.2, 0.25) is 5.02 Å². The van der Waals surface area contributed by atoms with Crippen LogP contribution in [-0.4, -0.2) is 73.8 Å². The molecule has 0 aromatic heterocycles. The van der Waals surface area contributed by atoms with Gasteiger partial charge in [-0.3, -0.25) is 19.2 Å². The average molecular weight is 646 g/mol. The molecule has 0 N–H and O–H groups in total. The van der Waals surface area contributed by atoms with Crippen molar-refractivity contribution in [2.75, 3.05) is 20.3 Å². The summed E-state index contributed by atoms with van der Waals surface area (Å²) < 4.78 is 35.1. The van der Waals surface area contributed by atoms with Crippen LogP contribution in [0, 0.1) is 0 Å². The van der Waals surface area contributed by atoms with E-state index in [-0.39, 0.29) is 6.61 Å². The minimum atomic E-state index is -1.86. The van der Waals surface area contributed by atoms with Crippen LogP contribution in [0.3, 0.4) is 0 Å². The van der Waals surface area contributed by atoms with E-state index in [0.717, 1.165) is 30.7 Å². The van der Waals surface area contributed by atoms with Crippen molar-refractivity contribution < 1.29 is 52.4 Å². The van der Waals surface area contributed by atoms with Crippen LogP contribution in [0.4, 0.5) is 0 Å². The molecule has 0 amide bonds. The molecule has 4 rings (SSSR count). The molecular formula is C32H36ClNO11. The number of hydrogen-bond donors (Lipinski definition) is 0. The maximum absolute atomic E-state index is 12.4. The second-order valence-electron chi connectivity index (χ2n) is 10.8. The summed E-state index contributed by atoms with van der Waals surface area (Å²) in [6.07, 6.45) is -3.09. The predicted molar refractivity (Wildman–Crippen MR) is 159 cm³/mol. The van der Waals surface area contributed by atoms with Crippen LogP contribution < -0.4 is 0 Å². The third kappa shape index (κ3) is 7.29. The number of esters is 4. The summed E-state index contributed by atoms with van der Waals surface area (Å²) >= 11 is 6.65. The Morgan fingerprint density at radius 2 is 1.56 bits per heavy atom. The molecular weight excluding hydrogens is 610 g/mol. The molecule has 0 saturated carbocycles. The molecule has 2 aromatic carbocycles. The lowest BCUT2D eigenvalue weighted by molar-refractivity contribution is -0.334. The topological polar surface area (TPSA) is 145 Å². The van der Waals surface area contributed by atoms with Gasteiger partial charge in [-0.05, 0) is 41.7 Å². The van der Waals surface area contributed by atoms with E-state index in [9.17, 15) is 19.2 Å². The summed E-state index contributed by atoms with van der Waals surface area (Å²) in [4.78, 5) is 53.8. The van der Waals surface area contributed by atoms with Crippen molar-refractivity contribution in [2.24, 2.45) is 5.16 Å². The van der Waals surface area contributed by atoms with Gasteiger partial charge in [-0.2, -0.15) is 0 Å². The normalized spacial score (nSPS) is 25.7. The van der Waals surface area contributed by atoms with Gasteiger partial charge in [0.25, 0.3) is 0 Å². The Morgan fingerprint density at radius 3 is 2.13 bits per heavy atom. The summed E-state index contributed by atoms with van der Waals surface area (Å²) in [5.74, 6) is -4.70. The van der Waals surface area contributed by atoms with Crippen molar-refractivity contribution in [3.63, 3.8) is 0 Å². The van der Waals surface area contributed by atoms with Crippen LogP contribution >= 0.6 is 11.6 Å². The van der Waals surface area contributed by atoms with E-state index >= 15 is 0 Å². The molecule has 13 heteroatoms. The zero-order chi connectivity index (χ0) is 32.9. The summed E-state index contributed by atoms with van der Waals surface area (Å²) in [5.41, 5.74) is 2.12. The SMILES string of the molecule is CCC(=NOC)c1ccc(Cc2cc([C@]34OC[C@](COC(C)=O)(O3)[C@@H](OC(C)=O)[C@H](OC(C)=O)[C@H]4OC(C)=O)ccc2Cl)cc1. The molecule has 0 unspecified atom stereocenters. The first-order valence-corrected chi connectivity index (χ1v) is 14.7. The van der Waals surface area contributed by atoms with E-state index in [1.165, 1.54) is 21.0 Å². The highest BCUT2D eigenvalue weighted by Gasteiger charge is 2.72. The molecule has 12 nitrogen and oxygen atoms in total. The molecule has 2 heterocycles. The fourth-order valence-corrected chi connectivity index (χ4v) is 5.80. The van der Waals surface area contributed by atoms with Crippen molar-refractivity contribution in [1.82, 2.24) is 0 Å².